The Morgan fingerprint density at radius 1 is 1.39 bits per heavy atom. The average molecular weight is 316 g/mol. The first-order chi connectivity index (χ1) is 11.1. The van der Waals surface area contributed by atoms with Crippen molar-refractivity contribution in [1.29, 1.82) is 0 Å². The molecular weight excluding hydrogens is 303 g/mol. The maximum Gasteiger partial charge on any atom is 0.406 e. The van der Waals surface area contributed by atoms with Crippen molar-refractivity contribution in [2.45, 2.75) is 20.1 Å². The van der Waals surface area contributed by atoms with Gasteiger partial charge in [0.1, 0.15) is 24.4 Å². The monoisotopic (exact) mass is 316 g/mol. The minimum atomic E-state index is -0.604. The largest absolute Gasteiger partial charge is 0.478 e. The summed E-state index contributed by atoms with van der Waals surface area (Å²) in [5.74, 6) is -0.0871. The van der Waals surface area contributed by atoms with E-state index >= 15 is 0 Å². The molecule has 2 aromatic heterocycles. The van der Waals surface area contributed by atoms with Crippen LogP contribution in [0.15, 0.2) is 36.5 Å². The van der Waals surface area contributed by atoms with Crippen LogP contribution in [0.25, 0.3) is 11.0 Å². The van der Waals surface area contributed by atoms with Crippen LogP contribution >= 0.6 is 0 Å². The molecule has 0 N–H and O–H groups in total. The summed E-state index contributed by atoms with van der Waals surface area (Å²) < 4.78 is 20.7. The van der Waals surface area contributed by atoms with E-state index in [0.717, 1.165) is 5.52 Å². The van der Waals surface area contributed by atoms with Crippen molar-refractivity contribution in [1.82, 2.24) is 14.5 Å². The Morgan fingerprint density at radius 2 is 2.22 bits per heavy atom. The number of pyridine rings is 1. The quantitative estimate of drug-likeness (QED) is 0.533. The second-order valence-corrected chi connectivity index (χ2v) is 4.78. The molecule has 1 aromatic carbocycles. The van der Waals surface area contributed by atoms with Crippen LogP contribution in [-0.2, 0) is 13.2 Å². The van der Waals surface area contributed by atoms with E-state index in [1.54, 1.807) is 12.1 Å². The number of imidazole rings is 1. The lowest BCUT2D eigenvalue weighted by atomic mass is 10.3. The van der Waals surface area contributed by atoms with Crippen molar-refractivity contribution in [3.05, 3.63) is 58.3 Å². The van der Waals surface area contributed by atoms with Gasteiger partial charge < -0.3 is 19.4 Å². The lowest BCUT2D eigenvalue weighted by Gasteiger charge is -2.08. The Hall–Kier alpha value is -3.03. The van der Waals surface area contributed by atoms with E-state index in [1.165, 1.54) is 24.4 Å². The number of hydrogen-bond acceptors (Lipinski definition) is 5. The molecule has 23 heavy (non-hydrogen) atoms. The van der Waals surface area contributed by atoms with E-state index in [-0.39, 0.29) is 24.0 Å². The highest BCUT2D eigenvalue weighted by atomic mass is 19.1. The Balaban J connectivity index is 1.92. The summed E-state index contributed by atoms with van der Waals surface area (Å²) in [6.07, 6.45) is 1.33. The fraction of sp³-hybridized carbons (Fsp3) is 0.200. The first-order valence-electron chi connectivity index (χ1n) is 6.97. The summed E-state index contributed by atoms with van der Waals surface area (Å²) in [7, 11) is 0. The van der Waals surface area contributed by atoms with E-state index in [9.17, 15) is 14.5 Å². The molecule has 0 radical (unpaired) electrons. The van der Waals surface area contributed by atoms with Gasteiger partial charge in [0, 0.05) is 12.6 Å². The van der Waals surface area contributed by atoms with Crippen molar-refractivity contribution in [3.8, 4) is 5.75 Å². The van der Waals surface area contributed by atoms with Gasteiger partial charge in [-0.05, 0) is 41.1 Å². The molecule has 0 bridgehead atoms. The zero-order valence-corrected chi connectivity index (χ0v) is 12.3. The van der Waals surface area contributed by atoms with E-state index in [1.807, 2.05) is 11.5 Å². The minimum absolute atomic E-state index is 0.0245. The maximum absolute atomic E-state index is 13.3. The molecular formula is C15H13FN4O3. The van der Waals surface area contributed by atoms with Crippen LogP contribution in [0.2, 0.25) is 0 Å². The first kappa shape index (κ1) is 14.9. The minimum Gasteiger partial charge on any atom is -0.478 e. The number of nitrogens with zero attached hydrogens (tertiary/aromatic N) is 4. The van der Waals surface area contributed by atoms with Gasteiger partial charge in [-0.25, -0.2) is 9.37 Å². The molecule has 0 saturated carbocycles. The van der Waals surface area contributed by atoms with Gasteiger partial charge in [0.15, 0.2) is 0 Å². The summed E-state index contributed by atoms with van der Waals surface area (Å²) in [6, 6.07) is 7.39. The van der Waals surface area contributed by atoms with Crippen LogP contribution in [0, 0.1) is 15.9 Å². The predicted molar refractivity (Wildman–Crippen MR) is 80.6 cm³/mol. The van der Waals surface area contributed by atoms with Gasteiger partial charge in [-0.1, -0.05) is 0 Å². The molecule has 0 aliphatic heterocycles. The third-order valence-corrected chi connectivity index (χ3v) is 3.39. The van der Waals surface area contributed by atoms with Crippen molar-refractivity contribution < 1.29 is 14.1 Å². The number of hydrogen-bond donors (Lipinski definition) is 0. The Morgan fingerprint density at radius 3 is 2.96 bits per heavy atom. The topological polar surface area (TPSA) is 83.1 Å². The smallest absolute Gasteiger partial charge is 0.406 e. The van der Waals surface area contributed by atoms with Crippen LogP contribution in [0.4, 0.5) is 10.2 Å². The lowest BCUT2D eigenvalue weighted by Crippen LogP contribution is -2.07. The molecule has 118 valence electrons. The van der Waals surface area contributed by atoms with E-state index in [2.05, 4.69) is 9.97 Å². The maximum atomic E-state index is 13.3. The first-order valence-corrected chi connectivity index (χ1v) is 6.97. The molecule has 2 heterocycles. The van der Waals surface area contributed by atoms with Crippen LogP contribution in [0.3, 0.4) is 0 Å². The van der Waals surface area contributed by atoms with Gasteiger partial charge in [0.05, 0.1) is 11.0 Å². The number of rotatable bonds is 5. The molecule has 8 heteroatoms. The van der Waals surface area contributed by atoms with Crippen molar-refractivity contribution >= 4 is 16.9 Å². The van der Waals surface area contributed by atoms with Gasteiger partial charge in [0.2, 0.25) is 5.75 Å². The highest BCUT2D eigenvalue weighted by molar-refractivity contribution is 5.76. The van der Waals surface area contributed by atoms with E-state index in [4.69, 9.17) is 4.74 Å². The Bertz CT molecular complexity index is 878. The molecule has 0 atom stereocenters. The van der Waals surface area contributed by atoms with Crippen molar-refractivity contribution in [2.24, 2.45) is 0 Å². The summed E-state index contributed by atoms with van der Waals surface area (Å²) in [4.78, 5) is 18.4. The van der Waals surface area contributed by atoms with Gasteiger partial charge in [-0.2, -0.15) is 0 Å². The molecule has 0 unspecified atom stereocenters. The second kappa shape index (κ2) is 5.99. The summed E-state index contributed by atoms with van der Waals surface area (Å²) in [5, 5.41) is 10.9. The number of halogens is 1. The number of benzene rings is 1. The zero-order valence-electron chi connectivity index (χ0n) is 12.3. The van der Waals surface area contributed by atoms with Gasteiger partial charge >= 0.3 is 5.82 Å². The highest BCUT2D eigenvalue weighted by Gasteiger charge is 2.17. The fourth-order valence-corrected chi connectivity index (χ4v) is 2.39. The predicted octanol–water partition coefficient (Wildman–Crippen LogP) is 3.08. The van der Waals surface area contributed by atoms with Crippen LogP contribution in [-0.4, -0.2) is 19.5 Å². The number of ether oxygens (including phenoxy) is 1. The number of nitro groups is 1. The molecule has 7 nitrogen and oxygen atoms in total. The fourth-order valence-electron chi connectivity index (χ4n) is 2.39. The number of fused-ring (bicyclic) bond motifs is 1. The second-order valence-electron chi connectivity index (χ2n) is 4.78. The molecule has 3 rings (SSSR count). The molecule has 0 aliphatic rings. The van der Waals surface area contributed by atoms with E-state index in [0.29, 0.717) is 17.9 Å². The van der Waals surface area contributed by atoms with Crippen LogP contribution in [0.5, 0.6) is 5.75 Å². The standard InChI is InChI=1S/C15H13FN4O3/c1-2-19-12-6-5-10(16)8-11(12)18-14(19)9-23-13-4-3-7-17-15(13)20(21)22/h3-8H,2,9H2,1H3. The molecule has 3 aromatic rings. The average Bonchev–Trinajstić information content (AvgIpc) is 2.89. The third-order valence-electron chi connectivity index (χ3n) is 3.39. The van der Waals surface area contributed by atoms with Crippen molar-refractivity contribution in [2.75, 3.05) is 0 Å². The number of aryl methyl sites for hydroxylation is 1. The van der Waals surface area contributed by atoms with Gasteiger partial charge in [-0.15, -0.1) is 0 Å². The van der Waals surface area contributed by atoms with Gasteiger partial charge in [0.25, 0.3) is 0 Å². The zero-order chi connectivity index (χ0) is 16.4. The molecule has 0 aliphatic carbocycles. The third kappa shape index (κ3) is 2.83. The van der Waals surface area contributed by atoms with Crippen molar-refractivity contribution in [3.63, 3.8) is 0 Å². The molecule has 0 spiro atoms. The molecule has 0 fully saturated rings. The van der Waals surface area contributed by atoms with Crippen LogP contribution in [0.1, 0.15) is 12.7 Å². The molecule has 0 amide bonds. The van der Waals surface area contributed by atoms with E-state index < -0.39 is 4.92 Å². The SMILES string of the molecule is CCn1c(COc2cccnc2[N+](=O)[O-])nc2cc(F)ccc21. The normalized spacial score (nSPS) is 10.9. The van der Waals surface area contributed by atoms with Crippen LogP contribution < -0.4 is 4.74 Å². The van der Waals surface area contributed by atoms with Gasteiger partial charge in [-0.3, -0.25) is 0 Å². The highest BCUT2D eigenvalue weighted by Crippen LogP contribution is 2.25. The Kier molecular flexibility index (Phi) is 3.88. The lowest BCUT2D eigenvalue weighted by molar-refractivity contribution is -0.390. The summed E-state index contributed by atoms with van der Waals surface area (Å²) in [5.41, 5.74) is 1.30. The summed E-state index contributed by atoms with van der Waals surface area (Å²) >= 11 is 0. The molecule has 0 saturated heterocycles. The summed E-state index contributed by atoms with van der Waals surface area (Å²) in [6.45, 7) is 2.58. The number of aromatic nitrogens is 3. The Labute approximate surface area is 130 Å².